The van der Waals surface area contributed by atoms with E-state index < -0.39 is 23.3 Å². The van der Waals surface area contributed by atoms with Crippen molar-refractivity contribution >= 4 is 22.3 Å². The van der Waals surface area contributed by atoms with E-state index in [9.17, 15) is 5.11 Å². The normalized spacial score (nSPS) is 19.5. The van der Waals surface area contributed by atoms with E-state index in [4.69, 9.17) is 4.84 Å². The number of anilines is 1. The zero-order valence-corrected chi connectivity index (χ0v) is 16.0. The number of aliphatic hydroxyl groups excluding tert-OH is 1. The van der Waals surface area contributed by atoms with Gasteiger partial charge in [0.1, 0.15) is 18.9 Å². The van der Waals surface area contributed by atoms with Gasteiger partial charge in [0.2, 0.25) is 0 Å². The molecule has 146 valence electrons. The second-order valence-corrected chi connectivity index (χ2v) is 7.58. The van der Waals surface area contributed by atoms with E-state index in [0.717, 1.165) is 10.9 Å². The lowest BCUT2D eigenvalue weighted by Crippen LogP contribution is -2.52. The number of nitrogens with one attached hydrogen (secondary N) is 2. The molecule has 0 saturated carbocycles. The third-order valence-corrected chi connectivity index (χ3v) is 5.27. The first-order valence-electron chi connectivity index (χ1n) is 8.93. The smallest absolute Gasteiger partial charge is 0.183 e. The van der Waals surface area contributed by atoms with Gasteiger partial charge in [0.15, 0.2) is 11.6 Å². The predicted molar refractivity (Wildman–Crippen MR) is 106 cm³/mol. The van der Waals surface area contributed by atoms with Crippen LogP contribution in [0.3, 0.4) is 0 Å². The minimum absolute atomic E-state index is 0.0396. The highest BCUT2D eigenvalue weighted by atomic mass is 19.2. The highest BCUT2D eigenvalue weighted by Crippen LogP contribution is 2.40. The summed E-state index contributed by atoms with van der Waals surface area (Å²) in [5.74, 6) is -1.98. The average molecular weight is 385 g/mol. The summed E-state index contributed by atoms with van der Waals surface area (Å²) in [6.45, 7) is 5.30. The molecule has 0 aliphatic carbocycles. The molecule has 1 unspecified atom stereocenters. The molecule has 3 aromatic rings. The van der Waals surface area contributed by atoms with Gasteiger partial charge in [-0.05, 0) is 32.4 Å². The van der Waals surface area contributed by atoms with Gasteiger partial charge in [-0.3, -0.25) is 0 Å². The highest BCUT2D eigenvalue weighted by molar-refractivity contribution is 6.11. The molecule has 7 heteroatoms. The number of aliphatic hydroxyl groups is 1. The van der Waals surface area contributed by atoms with Crippen LogP contribution in [0.5, 0.6) is 0 Å². The number of para-hydroxylation sites is 1. The Bertz CT molecular complexity index is 1120. The second kappa shape index (κ2) is 6.31. The van der Waals surface area contributed by atoms with Crippen LogP contribution < -0.4 is 5.32 Å². The number of nitrogens with zero attached hydrogens (tertiary/aromatic N) is 1. The van der Waals surface area contributed by atoms with E-state index in [0.29, 0.717) is 11.1 Å². The summed E-state index contributed by atoms with van der Waals surface area (Å²) in [5.41, 5.74) is 1.77. The molecule has 28 heavy (non-hydrogen) atoms. The van der Waals surface area contributed by atoms with E-state index in [1.807, 2.05) is 19.2 Å². The first kappa shape index (κ1) is 18.4. The fraction of sp³-hybridized carbons (Fsp3) is 0.286. The molecule has 0 bridgehead atoms. The second-order valence-electron chi connectivity index (χ2n) is 7.58. The maximum atomic E-state index is 15.1. The summed E-state index contributed by atoms with van der Waals surface area (Å²) in [6, 6.07) is 6.95. The number of H-pyrrole nitrogens is 1. The van der Waals surface area contributed by atoms with Crippen molar-refractivity contribution in [1.29, 1.82) is 0 Å². The summed E-state index contributed by atoms with van der Waals surface area (Å²) in [7, 11) is 1.34. The van der Waals surface area contributed by atoms with Crippen molar-refractivity contribution in [3.8, 4) is 11.1 Å². The van der Waals surface area contributed by atoms with Crippen LogP contribution in [0.1, 0.15) is 25.0 Å². The highest BCUT2D eigenvalue weighted by Gasteiger charge is 2.41. The first-order chi connectivity index (χ1) is 13.3. The Balaban J connectivity index is 2.03. The molecule has 2 aromatic carbocycles. The Morgan fingerprint density at radius 3 is 2.61 bits per heavy atom. The van der Waals surface area contributed by atoms with Crippen LogP contribution in [0.25, 0.3) is 22.0 Å². The Morgan fingerprint density at radius 2 is 1.89 bits per heavy atom. The molecule has 3 N–H and O–H groups in total. The van der Waals surface area contributed by atoms with Gasteiger partial charge in [0.05, 0.1) is 16.7 Å². The fourth-order valence-electron chi connectivity index (χ4n) is 3.74. The lowest BCUT2D eigenvalue weighted by Gasteiger charge is -2.39. The zero-order chi connectivity index (χ0) is 20.2. The molecule has 2 heterocycles. The number of aryl methyl sites for hydroxylation is 1. The van der Waals surface area contributed by atoms with Crippen molar-refractivity contribution in [3.63, 3.8) is 0 Å². The summed E-state index contributed by atoms with van der Waals surface area (Å²) in [6.07, 6.45) is 0.758. The third kappa shape index (κ3) is 2.57. The van der Waals surface area contributed by atoms with Crippen molar-refractivity contribution in [2.45, 2.75) is 32.4 Å². The number of oxime groups is 1. The van der Waals surface area contributed by atoms with Gasteiger partial charge in [-0.1, -0.05) is 23.4 Å². The van der Waals surface area contributed by atoms with Crippen molar-refractivity contribution in [3.05, 3.63) is 53.2 Å². The molecule has 5 nitrogen and oxygen atoms in total. The van der Waals surface area contributed by atoms with Crippen molar-refractivity contribution in [2.75, 3.05) is 12.4 Å². The molecule has 1 atom stereocenters. The quantitative estimate of drug-likeness (QED) is 0.575. The molecular formula is C21H21F2N3O2. The molecule has 0 radical (unpaired) electrons. The number of rotatable bonds is 2. The van der Waals surface area contributed by atoms with Crippen LogP contribution in [0.15, 0.2) is 35.6 Å². The largest absolute Gasteiger partial charge is 0.399 e. The van der Waals surface area contributed by atoms with Gasteiger partial charge in [-0.2, -0.15) is 0 Å². The Labute approximate surface area is 161 Å². The van der Waals surface area contributed by atoms with Gasteiger partial charge in [0.25, 0.3) is 0 Å². The maximum Gasteiger partial charge on any atom is 0.183 e. The molecule has 1 aromatic heterocycles. The van der Waals surface area contributed by atoms with Crippen LogP contribution in [0.4, 0.5) is 14.5 Å². The van der Waals surface area contributed by atoms with E-state index >= 15 is 8.78 Å². The standard InChI is InChI=1S/C21H21F2N3O2/c1-10-9-24-17-11(10)6-5-7-12(17)13-8-14-18(16(23)15(13)22)25-21(2,3)20(27)19(14)26-28-4/h5-9,20,24-25,27H,1-4H3/b26-19-. The summed E-state index contributed by atoms with van der Waals surface area (Å²) in [4.78, 5) is 8.00. The van der Waals surface area contributed by atoms with Crippen molar-refractivity contribution in [1.82, 2.24) is 4.98 Å². The van der Waals surface area contributed by atoms with Crippen molar-refractivity contribution in [2.24, 2.45) is 5.16 Å². The van der Waals surface area contributed by atoms with Crippen LogP contribution in [-0.2, 0) is 4.84 Å². The molecule has 1 aliphatic rings. The van der Waals surface area contributed by atoms with Gasteiger partial charge in [0, 0.05) is 28.3 Å². The molecule has 1 aliphatic heterocycles. The van der Waals surface area contributed by atoms with E-state index in [2.05, 4.69) is 15.5 Å². The SMILES string of the molecule is CO/N=C1/c2cc(-c3cccc4c(C)c[nH]c34)c(F)c(F)c2NC(C)(C)C1O. The minimum atomic E-state index is -1.07. The average Bonchev–Trinajstić information content (AvgIpc) is 3.04. The van der Waals surface area contributed by atoms with E-state index in [1.165, 1.54) is 13.2 Å². The number of hydrogen-bond acceptors (Lipinski definition) is 4. The maximum absolute atomic E-state index is 15.1. The summed E-state index contributed by atoms with van der Waals surface area (Å²) in [5, 5.41) is 18.4. The Kier molecular flexibility index (Phi) is 4.15. The topological polar surface area (TPSA) is 69.6 Å². The lowest BCUT2D eigenvalue weighted by atomic mass is 9.83. The van der Waals surface area contributed by atoms with Gasteiger partial charge in [-0.25, -0.2) is 8.78 Å². The van der Waals surface area contributed by atoms with Crippen molar-refractivity contribution < 1.29 is 18.7 Å². The number of aromatic nitrogens is 1. The third-order valence-electron chi connectivity index (χ3n) is 5.27. The molecule has 4 rings (SSSR count). The van der Waals surface area contributed by atoms with Crippen LogP contribution in [-0.4, -0.2) is 34.6 Å². The molecular weight excluding hydrogens is 364 g/mol. The summed E-state index contributed by atoms with van der Waals surface area (Å²) >= 11 is 0. The first-order valence-corrected chi connectivity index (χ1v) is 8.93. The van der Waals surface area contributed by atoms with Crippen LogP contribution in [0, 0.1) is 18.6 Å². The minimum Gasteiger partial charge on any atom is -0.399 e. The van der Waals surface area contributed by atoms with E-state index in [-0.39, 0.29) is 22.5 Å². The monoisotopic (exact) mass is 385 g/mol. The fourth-order valence-corrected chi connectivity index (χ4v) is 3.74. The number of benzene rings is 2. The van der Waals surface area contributed by atoms with Gasteiger partial charge < -0.3 is 20.2 Å². The molecule has 0 spiro atoms. The van der Waals surface area contributed by atoms with Crippen LogP contribution in [0.2, 0.25) is 0 Å². The number of aromatic amines is 1. The molecule has 0 saturated heterocycles. The molecule has 0 amide bonds. The van der Waals surface area contributed by atoms with Crippen LogP contribution >= 0.6 is 0 Å². The molecule has 0 fully saturated rings. The van der Waals surface area contributed by atoms with E-state index in [1.54, 1.807) is 26.0 Å². The Hall–Kier alpha value is -2.93. The predicted octanol–water partition coefficient (Wildman–Crippen LogP) is 4.34. The van der Waals surface area contributed by atoms with Gasteiger partial charge in [-0.15, -0.1) is 0 Å². The van der Waals surface area contributed by atoms with Gasteiger partial charge >= 0.3 is 0 Å². The number of fused-ring (bicyclic) bond motifs is 2. The number of hydrogen-bond donors (Lipinski definition) is 3. The zero-order valence-electron chi connectivity index (χ0n) is 16.0. The number of halogens is 2. The Morgan fingerprint density at radius 1 is 1.14 bits per heavy atom. The summed E-state index contributed by atoms with van der Waals surface area (Å²) < 4.78 is 30.2. The lowest BCUT2D eigenvalue weighted by molar-refractivity contribution is 0.159.